The second-order valence-corrected chi connectivity index (χ2v) is 12.0. The van der Waals surface area contributed by atoms with Crippen LogP contribution in [0.3, 0.4) is 0 Å². The van der Waals surface area contributed by atoms with Crippen LogP contribution >= 0.6 is 8.03 Å². The summed E-state index contributed by atoms with van der Waals surface area (Å²) in [6, 6.07) is 9.92. The number of benzene rings is 2. The zero-order valence-electron chi connectivity index (χ0n) is 23.4. The van der Waals surface area contributed by atoms with Gasteiger partial charge in [-0.15, -0.1) is 0 Å². The van der Waals surface area contributed by atoms with E-state index >= 15 is 0 Å². The van der Waals surface area contributed by atoms with Crippen LogP contribution in [0.1, 0.15) is 59.8 Å². The Morgan fingerprint density at radius 3 is 2.43 bits per heavy atom. The Bertz CT molecular complexity index is 1580. The molecule has 4 rings (SSSR count). The molecule has 0 spiro atoms. The number of fused-ring (bicyclic) bond motifs is 1. The Balaban J connectivity index is 1.66. The maximum Gasteiger partial charge on any atom is 0.421 e. The number of alkyl halides is 3. The lowest BCUT2D eigenvalue weighted by molar-refractivity contribution is -0.137. The van der Waals surface area contributed by atoms with Gasteiger partial charge in [-0.2, -0.15) is 18.2 Å². The second kappa shape index (κ2) is 12.1. The van der Waals surface area contributed by atoms with E-state index in [1.165, 1.54) is 24.8 Å². The van der Waals surface area contributed by atoms with Crippen LogP contribution in [0.15, 0.2) is 42.6 Å². The number of rotatable bonds is 8. The molecule has 9 nitrogen and oxygen atoms in total. The molecule has 0 bridgehead atoms. The van der Waals surface area contributed by atoms with Gasteiger partial charge in [0.2, 0.25) is 5.95 Å². The topological polar surface area (TPSA) is 128 Å². The molecule has 42 heavy (non-hydrogen) atoms. The normalized spacial score (nSPS) is 14.6. The number of carbonyl (C=O) groups is 1. The summed E-state index contributed by atoms with van der Waals surface area (Å²) in [6.45, 7) is 5.08. The number of hydrogen-bond acceptors (Lipinski definition) is 7. The molecule has 2 atom stereocenters. The number of anilines is 4. The standard InChI is InChI=1S/C29H31F3N5O4P/c1-5-20(42(40)41)14-17-6-9-19(10-7-17)34-27-33-15-22(29(30,31)32)25(36-27)35-23-11-8-18(12-13-28(2,3)39)21-16-37(4)26(38)24(21)23/h6-11,15,20,39,42H,5,14,16H2,1-4H3,(H,40,41)(H2,33,34,35,36). The zero-order chi connectivity index (χ0) is 30.8. The third-order valence-corrected chi connectivity index (χ3v) is 7.96. The summed E-state index contributed by atoms with van der Waals surface area (Å²) >= 11 is 0. The van der Waals surface area contributed by atoms with E-state index in [9.17, 15) is 32.5 Å². The fraction of sp³-hybridized carbons (Fsp3) is 0.345. The van der Waals surface area contributed by atoms with Gasteiger partial charge in [0.05, 0.1) is 11.3 Å². The highest BCUT2D eigenvalue weighted by atomic mass is 31.1. The number of nitrogens with one attached hydrogen (secondary N) is 2. The molecule has 13 heteroatoms. The monoisotopic (exact) mass is 601 g/mol. The van der Waals surface area contributed by atoms with E-state index in [-0.39, 0.29) is 29.4 Å². The smallest absolute Gasteiger partial charge is 0.378 e. The fourth-order valence-corrected chi connectivity index (χ4v) is 5.17. The van der Waals surface area contributed by atoms with Gasteiger partial charge in [-0.05, 0) is 56.5 Å². The molecule has 0 radical (unpaired) electrons. The highest BCUT2D eigenvalue weighted by Crippen LogP contribution is 2.38. The van der Waals surface area contributed by atoms with E-state index in [2.05, 4.69) is 32.4 Å². The predicted molar refractivity (Wildman–Crippen MR) is 154 cm³/mol. The van der Waals surface area contributed by atoms with Crippen LogP contribution in [0.5, 0.6) is 0 Å². The van der Waals surface area contributed by atoms with Crippen molar-refractivity contribution in [1.29, 1.82) is 0 Å². The van der Waals surface area contributed by atoms with E-state index < -0.39 is 37.1 Å². The molecule has 0 aliphatic carbocycles. The molecule has 0 fully saturated rings. The van der Waals surface area contributed by atoms with Crippen LogP contribution < -0.4 is 10.6 Å². The Hall–Kier alpha value is -3.91. The number of amides is 1. The Labute approximate surface area is 242 Å². The molecular weight excluding hydrogens is 570 g/mol. The van der Waals surface area contributed by atoms with E-state index in [1.807, 2.05) is 6.92 Å². The number of carbonyl (C=O) groups excluding carboxylic acids is 1. The van der Waals surface area contributed by atoms with E-state index in [4.69, 9.17) is 0 Å². The summed E-state index contributed by atoms with van der Waals surface area (Å²) in [7, 11) is -1.10. The number of aromatic nitrogens is 2. The van der Waals surface area contributed by atoms with Crippen molar-refractivity contribution in [3.8, 4) is 11.8 Å². The Morgan fingerprint density at radius 2 is 1.83 bits per heavy atom. The van der Waals surface area contributed by atoms with Crippen LogP contribution in [0.2, 0.25) is 0 Å². The lowest BCUT2D eigenvalue weighted by Gasteiger charge is -2.17. The summed E-state index contributed by atoms with van der Waals surface area (Å²) in [5.41, 5.74) is -0.0737. The minimum atomic E-state index is -4.78. The maximum atomic E-state index is 13.9. The number of nitrogens with zero attached hydrogens (tertiary/aromatic N) is 3. The molecule has 1 aliphatic rings. The molecule has 1 aromatic heterocycles. The van der Waals surface area contributed by atoms with Gasteiger partial charge in [0.1, 0.15) is 17.0 Å². The molecule has 2 aromatic carbocycles. The molecule has 1 amide bonds. The van der Waals surface area contributed by atoms with Crippen molar-refractivity contribution in [1.82, 2.24) is 14.9 Å². The summed E-state index contributed by atoms with van der Waals surface area (Å²) in [5, 5.41) is 15.6. The number of aliphatic hydroxyl groups is 1. The first-order valence-electron chi connectivity index (χ1n) is 13.1. The first-order chi connectivity index (χ1) is 19.7. The number of halogens is 3. The first kappa shape index (κ1) is 31.0. The van der Waals surface area contributed by atoms with Crippen molar-refractivity contribution >= 4 is 37.1 Å². The van der Waals surface area contributed by atoms with Gasteiger partial charge >= 0.3 is 6.18 Å². The van der Waals surface area contributed by atoms with Gasteiger partial charge in [0, 0.05) is 42.3 Å². The van der Waals surface area contributed by atoms with Gasteiger partial charge in [0.25, 0.3) is 5.91 Å². The highest BCUT2D eigenvalue weighted by Gasteiger charge is 2.36. The van der Waals surface area contributed by atoms with Gasteiger partial charge < -0.3 is 25.5 Å². The molecule has 2 unspecified atom stereocenters. The van der Waals surface area contributed by atoms with Crippen LogP contribution in [-0.2, 0) is 23.7 Å². The molecule has 222 valence electrons. The van der Waals surface area contributed by atoms with Crippen molar-refractivity contribution < 1.29 is 32.5 Å². The fourth-order valence-electron chi connectivity index (χ4n) is 4.41. The van der Waals surface area contributed by atoms with Crippen molar-refractivity contribution in [3.63, 3.8) is 0 Å². The summed E-state index contributed by atoms with van der Waals surface area (Å²) in [4.78, 5) is 31.8. The first-order valence-corrected chi connectivity index (χ1v) is 14.6. The molecule has 0 saturated carbocycles. The van der Waals surface area contributed by atoms with Crippen molar-refractivity contribution in [2.24, 2.45) is 0 Å². The lowest BCUT2D eigenvalue weighted by atomic mass is 10.00. The summed E-state index contributed by atoms with van der Waals surface area (Å²) in [6.07, 6.45) is -3.13. The van der Waals surface area contributed by atoms with Gasteiger partial charge in [-0.1, -0.05) is 30.9 Å². The summed E-state index contributed by atoms with van der Waals surface area (Å²) < 4.78 is 53.3. The van der Waals surface area contributed by atoms with Gasteiger partial charge in [0.15, 0.2) is 8.03 Å². The average Bonchev–Trinajstić information content (AvgIpc) is 3.21. The lowest BCUT2D eigenvalue weighted by Crippen LogP contribution is -2.18. The molecule has 3 aromatic rings. The molecular formula is C29H31F3N5O4P. The highest BCUT2D eigenvalue weighted by molar-refractivity contribution is 7.38. The molecule has 4 N–H and O–H groups in total. The van der Waals surface area contributed by atoms with E-state index in [1.54, 1.807) is 37.4 Å². The maximum absolute atomic E-state index is 13.9. The van der Waals surface area contributed by atoms with Crippen LogP contribution in [-0.4, -0.2) is 49.1 Å². The van der Waals surface area contributed by atoms with Crippen LogP contribution in [0.25, 0.3) is 0 Å². The third-order valence-electron chi connectivity index (χ3n) is 6.65. The van der Waals surface area contributed by atoms with E-state index in [0.717, 1.165) is 5.56 Å². The van der Waals surface area contributed by atoms with Crippen molar-refractivity contribution in [3.05, 3.63) is 70.4 Å². The largest absolute Gasteiger partial charge is 0.421 e. The van der Waals surface area contributed by atoms with Crippen LogP contribution in [0, 0.1) is 11.8 Å². The Morgan fingerprint density at radius 1 is 1.14 bits per heavy atom. The van der Waals surface area contributed by atoms with Crippen molar-refractivity contribution in [2.75, 3.05) is 17.7 Å². The minimum Gasteiger partial charge on any atom is -0.378 e. The third kappa shape index (κ3) is 7.29. The molecule has 1 aliphatic heterocycles. The minimum absolute atomic E-state index is 0.113. The molecule has 2 heterocycles. The van der Waals surface area contributed by atoms with Gasteiger partial charge in [-0.3, -0.25) is 9.36 Å². The average molecular weight is 602 g/mol. The van der Waals surface area contributed by atoms with E-state index in [0.29, 0.717) is 35.9 Å². The summed E-state index contributed by atoms with van der Waals surface area (Å²) in [5.74, 6) is 4.51. The van der Waals surface area contributed by atoms with Crippen LogP contribution in [0.4, 0.5) is 36.3 Å². The quantitative estimate of drug-likeness (QED) is 0.198. The SMILES string of the molecule is CCC(Cc1ccc(Nc2ncc(C(F)(F)F)c(Nc3ccc(C#CC(C)(C)O)c4c3C(=O)N(C)C4)n2)cc1)[PH](=O)O. The number of hydrogen-bond donors (Lipinski definition) is 4. The molecule has 0 saturated heterocycles. The van der Waals surface area contributed by atoms with Gasteiger partial charge in [-0.25, -0.2) is 4.98 Å². The zero-order valence-corrected chi connectivity index (χ0v) is 24.4. The Kier molecular flexibility index (Phi) is 8.97. The second-order valence-electron chi connectivity index (χ2n) is 10.5. The predicted octanol–water partition coefficient (Wildman–Crippen LogP) is 5.48. The van der Waals surface area contributed by atoms with Crippen molar-refractivity contribution in [2.45, 2.75) is 57.6 Å².